The van der Waals surface area contributed by atoms with Gasteiger partial charge >= 0.3 is 0 Å². The fourth-order valence-corrected chi connectivity index (χ4v) is 4.32. The molecule has 1 aromatic heterocycles. The van der Waals surface area contributed by atoms with E-state index in [9.17, 15) is 9.59 Å². The minimum absolute atomic E-state index is 0.0168. The number of ether oxygens (including phenoxy) is 1. The summed E-state index contributed by atoms with van der Waals surface area (Å²) in [6, 6.07) is 0.517. The summed E-state index contributed by atoms with van der Waals surface area (Å²) in [7, 11) is 0. The first-order valence-corrected chi connectivity index (χ1v) is 10.8. The van der Waals surface area contributed by atoms with E-state index < -0.39 is 0 Å². The van der Waals surface area contributed by atoms with Crippen LogP contribution in [0.5, 0.6) is 0 Å². The van der Waals surface area contributed by atoms with Gasteiger partial charge in [0.15, 0.2) is 5.69 Å². The Balaban J connectivity index is 1.50. The van der Waals surface area contributed by atoms with Crippen molar-refractivity contribution in [2.45, 2.75) is 46.2 Å². The van der Waals surface area contributed by atoms with E-state index in [4.69, 9.17) is 4.74 Å². The fourth-order valence-electron chi connectivity index (χ4n) is 4.32. The van der Waals surface area contributed by atoms with Crippen molar-refractivity contribution in [3.8, 4) is 0 Å². The van der Waals surface area contributed by atoms with Gasteiger partial charge in [-0.3, -0.25) is 14.5 Å². The molecule has 3 rings (SSSR count). The third-order valence-electron chi connectivity index (χ3n) is 6.30. The maximum absolute atomic E-state index is 12.8. The lowest BCUT2D eigenvalue weighted by Crippen LogP contribution is -2.49. The minimum Gasteiger partial charge on any atom is -0.379 e. The number of rotatable bonds is 7. The van der Waals surface area contributed by atoms with Gasteiger partial charge in [0, 0.05) is 45.3 Å². The number of aromatic nitrogens is 3. The lowest BCUT2D eigenvalue weighted by Gasteiger charge is -2.40. The minimum atomic E-state index is -0.0935. The predicted molar refractivity (Wildman–Crippen MR) is 108 cm³/mol. The molecule has 0 aliphatic carbocycles. The van der Waals surface area contributed by atoms with Crippen LogP contribution in [0.25, 0.3) is 0 Å². The topological polar surface area (TPSA) is 83.8 Å². The van der Waals surface area contributed by atoms with Crippen molar-refractivity contribution in [1.29, 1.82) is 0 Å². The molecule has 0 spiro atoms. The molecule has 9 heteroatoms. The number of carbonyl (C=O) groups excluding carboxylic acids is 2. The number of morpholine rings is 1. The first kappa shape index (κ1) is 21.7. The number of carbonyl (C=O) groups is 2. The van der Waals surface area contributed by atoms with Crippen LogP contribution in [0, 0.1) is 5.92 Å². The number of likely N-dealkylation sites (tertiary alicyclic amines) is 1. The zero-order chi connectivity index (χ0) is 20.8. The maximum Gasteiger partial charge on any atom is 0.276 e. The molecule has 2 saturated heterocycles. The highest BCUT2D eigenvalue weighted by molar-refractivity contribution is 5.92. The summed E-state index contributed by atoms with van der Waals surface area (Å²) >= 11 is 0. The molecule has 29 heavy (non-hydrogen) atoms. The van der Waals surface area contributed by atoms with Crippen LogP contribution in [0.1, 0.15) is 44.1 Å². The monoisotopic (exact) mass is 406 g/mol. The Morgan fingerprint density at radius 2 is 1.83 bits per heavy atom. The van der Waals surface area contributed by atoms with E-state index >= 15 is 0 Å². The van der Waals surface area contributed by atoms with Crippen LogP contribution >= 0.6 is 0 Å². The standard InChI is InChI=1S/C20H34N6O3/c1-4-23(5-2)19(27)15-26-14-18(21-22-26)20(28)25-8-6-17(7-9-25)16(3)24-10-12-29-13-11-24/h14,16-17H,4-13,15H2,1-3H3. The second kappa shape index (κ2) is 10.2. The van der Waals surface area contributed by atoms with Gasteiger partial charge in [0.2, 0.25) is 5.91 Å². The molecule has 9 nitrogen and oxygen atoms in total. The molecular formula is C20H34N6O3. The molecule has 0 N–H and O–H groups in total. The van der Waals surface area contributed by atoms with Crippen LogP contribution in [0.15, 0.2) is 6.20 Å². The second-order valence-corrected chi connectivity index (χ2v) is 7.89. The normalized spacial score (nSPS) is 19.9. The van der Waals surface area contributed by atoms with Gasteiger partial charge in [-0.15, -0.1) is 5.10 Å². The highest BCUT2D eigenvalue weighted by Gasteiger charge is 2.31. The van der Waals surface area contributed by atoms with Gasteiger partial charge in [-0.25, -0.2) is 4.68 Å². The van der Waals surface area contributed by atoms with Crippen molar-refractivity contribution in [3.63, 3.8) is 0 Å². The zero-order valence-corrected chi connectivity index (χ0v) is 17.9. The lowest BCUT2D eigenvalue weighted by atomic mass is 9.89. The highest BCUT2D eigenvalue weighted by Crippen LogP contribution is 2.25. The Kier molecular flexibility index (Phi) is 7.60. The predicted octanol–water partition coefficient (Wildman–Crippen LogP) is 0.719. The molecule has 162 valence electrons. The molecule has 1 unspecified atom stereocenters. The van der Waals surface area contributed by atoms with Crippen LogP contribution < -0.4 is 0 Å². The average Bonchev–Trinajstić information content (AvgIpc) is 3.22. The third kappa shape index (κ3) is 5.33. The Morgan fingerprint density at radius 3 is 2.45 bits per heavy atom. The number of nitrogens with zero attached hydrogens (tertiary/aromatic N) is 6. The van der Waals surface area contributed by atoms with E-state index in [2.05, 4.69) is 22.1 Å². The largest absolute Gasteiger partial charge is 0.379 e. The van der Waals surface area contributed by atoms with Crippen LogP contribution in [0.3, 0.4) is 0 Å². The molecule has 0 aromatic carbocycles. The summed E-state index contributed by atoms with van der Waals surface area (Å²) in [5.74, 6) is 0.486. The first-order chi connectivity index (χ1) is 14.0. The first-order valence-electron chi connectivity index (χ1n) is 10.8. The Morgan fingerprint density at radius 1 is 1.17 bits per heavy atom. The Bertz CT molecular complexity index is 676. The summed E-state index contributed by atoms with van der Waals surface area (Å²) in [6.45, 7) is 12.7. The SMILES string of the molecule is CCN(CC)C(=O)Cn1cc(C(=O)N2CCC(C(C)N3CCOCC3)CC2)nn1. The van der Waals surface area contributed by atoms with E-state index in [0.29, 0.717) is 30.7 Å². The molecule has 2 aliphatic rings. The van der Waals surface area contributed by atoms with Crippen LogP contribution in [0.4, 0.5) is 0 Å². The summed E-state index contributed by atoms with van der Waals surface area (Å²) in [4.78, 5) is 31.1. The van der Waals surface area contributed by atoms with Gasteiger partial charge < -0.3 is 14.5 Å². The van der Waals surface area contributed by atoms with Crippen LogP contribution in [0.2, 0.25) is 0 Å². The van der Waals surface area contributed by atoms with Crippen molar-refractivity contribution in [3.05, 3.63) is 11.9 Å². The molecule has 0 radical (unpaired) electrons. The molecular weight excluding hydrogens is 372 g/mol. The molecule has 2 amide bonds. The number of amides is 2. The lowest BCUT2D eigenvalue weighted by molar-refractivity contribution is -0.131. The van der Waals surface area contributed by atoms with Crippen LogP contribution in [-0.4, -0.2) is 100 Å². The molecule has 1 atom stereocenters. The summed E-state index contributed by atoms with van der Waals surface area (Å²) < 4.78 is 6.91. The molecule has 3 heterocycles. The fraction of sp³-hybridized carbons (Fsp3) is 0.800. The quantitative estimate of drug-likeness (QED) is 0.664. The number of hydrogen-bond acceptors (Lipinski definition) is 6. The Labute approximate surface area is 173 Å². The smallest absolute Gasteiger partial charge is 0.276 e. The molecule has 0 saturated carbocycles. The van der Waals surface area contributed by atoms with Gasteiger partial charge in [-0.2, -0.15) is 0 Å². The van der Waals surface area contributed by atoms with E-state index in [1.807, 2.05) is 18.7 Å². The zero-order valence-electron chi connectivity index (χ0n) is 17.9. The van der Waals surface area contributed by atoms with Crippen LogP contribution in [-0.2, 0) is 16.1 Å². The van der Waals surface area contributed by atoms with Crippen molar-refractivity contribution in [2.75, 3.05) is 52.5 Å². The van der Waals surface area contributed by atoms with Crippen molar-refractivity contribution >= 4 is 11.8 Å². The Hall–Kier alpha value is -2.00. The van der Waals surface area contributed by atoms with Crippen molar-refractivity contribution < 1.29 is 14.3 Å². The molecule has 2 aliphatic heterocycles. The van der Waals surface area contributed by atoms with E-state index in [1.165, 1.54) is 4.68 Å². The van der Waals surface area contributed by atoms with Crippen molar-refractivity contribution in [1.82, 2.24) is 29.7 Å². The van der Waals surface area contributed by atoms with Gasteiger partial charge in [-0.1, -0.05) is 5.21 Å². The van der Waals surface area contributed by atoms with Gasteiger partial charge in [0.1, 0.15) is 6.54 Å². The van der Waals surface area contributed by atoms with Gasteiger partial charge in [0.25, 0.3) is 5.91 Å². The average molecular weight is 407 g/mol. The van der Waals surface area contributed by atoms with E-state index in [-0.39, 0.29) is 18.4 Å². The van der Waals surface area contributed by atoms with E-state index in [0.717, 1.165) is 52.2 Å². The third-order valence-corrected chi connectivity index (χ3v) is 6.30. The van der Waals surface area contributed by atoms with Gasteiger partial charge in [-0.05, 0) is 39.5 Å². The summed E-state index contributed by atoms with van der Waals surface area (Å²) in [5.41, 5.74) is 0.317. The van der Waals surface area contributed by atoms with E-state index in [1.54, 1.807) is 11.1 Å². The molecule has 2 fully saturated rings. The highest BCUT2D eigenvalue weighted by atomic mass is 16.5. The molecule has 1 aromatic rings. The second-order valence-electron chi connectivity index (χ2n) is 7.89. The van der Waals surface area contributed by atoms with Crippen molar-refractivity contribution in [2.24, 2.45) is 5.92 Å². The summed E-state index contributed by atoms with van der Waals surface area (Å²) in [5, 5.41) is 7.99. The summed E-state index contributed by atoms with van der Waals surface area (Å²) in [6.07, 6.45) is 3.59. The number of likely N-dealkylation sites (N-methyl/N-ethyl adjacent to an activating group) is 1. The maximum atomic E-state index is 12.8. The van der Waals surface area contributed by atoms with Gasteiger partial charge in [0.05, 0.1) is 19.4 Å². The molecule has 0 bridgehead atoms. The number of hydrogen-bond donors (Lipinski definition) is 0. The number of piperidine rings is 1.